The fourth-order valence-corrected chi connectivity index (χ4v) is 3.17. The van der Waals surface area contributed by atoms with Crippen molar-refractivity contribution in [3.63, 3.8) is 0 Å². The predicted molar refractivity (Wildman–Crippen MR) is 66.0 cm³/mol. The van der Waals surface area contributed by atoms with Gasteiger partial charge in [0.05, 0.1) is 9.77 Å². The number of carbonyl (C=O) groups excluding carboxylic acids is 1. The van der Waals surface area contributed by atoms with Crippen molar-refractivity contribution in [2.24, 2.45) is 0 Å². The third-order valence-electron chi connectivity index (χ3n) is 1.94. The third-order valence-corrected chi connectivity index (χ3v) is 4.48. The Balaban J connectivity index is 2.23. The average Bonchev–Trinajstić information content (AvgIpc) is 2.90. The molecule has 0 aliphatic heterocycles. The van der Waals surface area contributed by atoms with Crippen LogP contribution in [-0.2, 0) is 11.0 Å². The molecule has 2 rings (SSSR count). The first kappa shape index (κ1) is 12.3. The van der Waals surface area contributed by atoms with E-state index in [4.69, 9.17) is 16.1 Å². The molecule has 0 saturated carbocycles. The molecule has 0 amide bonds. The van der Waals surface area contributed by atoms with Crippen LogP contribution in [-0.4, -0.2) is 15.7 Å². The van der Waals surface area contributed by atoms with E-state index in [9.17, 15) is 9.00 Å². The molecule has 2 heterocycles. The van der Waals surface area contributed by atoms with Gasteiger partial charge in [-0.2, -0.15) is 0 Å². The summed E-state index contributed by atoms with van der Waals surface area (Å²) in [6, 6.07) is 1.61. The van der Waals surface area contributed by atoms with Gasteiger partial charge in [-0.25, -0.2) is 4.21 Å². The number of hydrogen-bond donors (Lipinski definition) is 1. The lowest BCUT2D eigenvalue weighted by atomic mass is 10.5. The van der Waals surface area contributed by atoms with E-state index in [1.807, 2.05) is 0 Å². The molecule has 0 aliphatic carbocycles. The molecule has 0 spiro atoms. The van der Waals surface area contributed by atoms with E-state index < -0.39 is 11.0 Å². The van der Waals surface area contributed by atoms with Crippen LogP contribution in [0.5, 0.6) is 0 Å². The predicted octanol–water partition coefficient (Wildman–Crippen LogP) is 2.65. The number of rotatable bonds is 4. The summed E-state index contributed by atoms with van der Waals surface area (Å²) >= 11 is 7.09. The van der Waals surface area contributed by atoms with E-state index in [0.29, 0.717) is 21.8 Å². The molecular formula is C9H7ClN2O3S2. The molecular weight excluding hydrogens is 284 g/mol. The molecule has 8 heteroatoms. The van der Waals surface area contributed by atoms with E-state index in [2.05, 4.69) is 9.88 Å². The van der Waals surface area contributed by atoms with Crippen molar-refractivity contribution in [1.82, 2.24) is 5.16 Å². The van der Waals surface area contributed by atoms with Crippen LogP contribution in [0.15, 0.2) is 20.9 Å². The number of halogens is 1. The van der Waals surface area contributed by atoms with Crippen LogP contribution in [0.3, 0.4) is 0 Å². The molecule has 0 aromatic carbocycles. The minimum absolute atomic E-state index is 0.130. The van der Waals surface area contributed by atoms with Gasteiger partial charge < -0.3 is 4.52 Å². The lowest BCUT2D eigenvalue weighted by Crippen LogP contribution is -2.05. The Morgan fingerprint density at radius 1 is 1.65 bits per heavy atom. The Hall–Kier alpha value is -1.18. The second-order valence-corrected chi connectivity index (χ2v) is 5.56. The van der Waals surface area contributed by atoms with Gasteiger partial charge in [0.15, 0.2) is 17.3 Å². The summed E-state index contributed by atoms with van der Waals surface area (Å²) in [5, 5.41) is 5.59. The quantitative estimate of drug-likeness (QED) is 0.879. The molecule has 1 N–H and O–H groups in total. The van der Waals surface area contributed by atoms with Crippen molar-refractivity contribution in [1.29, 1.82) is 0 Å². The fraction of sp³-hybridized carbons (Fsp3) is 0.111. The number of hydrogen-bond acceptors (Lipinski definition) is 5. The highest BCUT2D eigenvalue weighted by Crippen LogP contribution is 2.27. The molecule has 1 atom stereocenters. The van der Waals surface area contributed by atoms with Crippen LogP contribution in [0.2, 0.25) is 5.02 Å². The molecule has 90 valence electrons. The van der Waals surface area contributed by atoms with Gasteiger partial charge in [-0.1, -0.05) is 16.8 Å². The highest BCUT2D eigenvalue weighted by Gasteiger charge is 2.16. The number of nitrogens with zero attached hydrogens (tertiary/aromatic N) is 1. The molecule has 2 aromatic rings. The first-order chi connectivity index (χ1) is 8.13. The Bertz CT molecular complexity index is 579. The summed E-state index contributed by atoms with van der Waals surface area (Å²) < 4.78 is 19.4. The van der Waals surface area contributed by atoms with Crippen molar-refractivity contribution in [3.05, 3.63) is 27.0 Å². The lowest BCUT2D eigenvalue weighted by molar-refractivity contribution is 0.112. The maximum atomic E-state index is 11.9. The molecule has 0 bridgehead atoms. The normalized spacial score (nSPS) is 12.4. The molecule has 0 saturated heterocycles. The lowest BCUT2D eigenvalue weighted by Gasteiger charge is -2.00. The largest absolute Gasteiger partial charge is 0.336 e. The van der Waals surface area contributed by atoms with E-state index in [0.717, 1.165) is 0 Å². The van der Waals surface area contributed by atoms with Crippen molar-refractivity contribution in [2.75, 3.05) is 4.72 Å². The minimum atomic E-state index is -1.60. The summed E-state index contributed by atoms with van der Waals surface area (Å²) in [6.07, 6.45) is 0.660. The van der Waals surface area contributed by atoms with E-state index >= 15 is 0 Å². The van der Waals surface area contributed by atoms with Crippen molar-refractivity contribution in [2.45, 2.75) is 11.8 Å². The second-order valence-electron chi connectivity index (χ2n) is 3.05. The van der Waals surface area contributed by atoms with Crippen LogP contribution >= 0.6 is 22.9 Å². The number of aryl methyl sites for hydroxylation is 1. The molecule has 0 radical (unpaired) electrons. The maximum Gasteiger partial charge on any atom is 0.255 e. The highest BCUT2D eigenvalue weighted by atomic mass is 35.5. The Kier molecular flexibility index (Phi) is 3.60. The topological polar surface area (TPSA) is 72.2 Å². The Labute approximate surface area is 108 Å². The highest BCUT2D eigenvalue weighted by molar-refractivity contribution is 7.86. The van der Waals surface area contributed by atoms with Crippen molar-refractivity contribution in [3.8, 4) is 0 Å². The maximum absolute atomic E-state index is 11.9. The van der Waals surface area contributed by atoms with Crippen molar-refractivity contribution >= 4 is 46.1 Å². The van der Waals surface area contributed by atoms with Gasteiger partial charge in [0.25, 0.3) is 5.88 Å². The molecule has 0 fully saturated rings. The first-order valence-corrected chi connectivity index (χ1v) is 6.87. The van der Waals surface area contributed by atoms with Gasteiger partial charge >= 0.3 is 0 Å². The summed E-state index contributed by atoms with van der Waals surface area (Å²) in [5.74, 6) is 0.130. The molecule has 17 heavy (non-hydrogen) atoms. The molecule has 5 nitrogen and oxygen atoms in total. The Morgan fingerprint density at radius 3 is 3.00 bits per heavy atom. The number of thiophene rings is 1. The summed E-state index contributed by atoms with van der Waals surface area (Å²) in [5.41, 5.74) is 0.507. The summed E-state index contributed by atoms with van der Waals surface area (Å²) in [4.78, 5) is 11.5. The summed E-state index contributed by atoms with van der Waals surface area (Å²) in [6.45, 7) is 1.67. The van der Waals surface area contributed by atoms with E-state index in [1.165, 1.54) is 11.3 Å². The number of nitrogens with one attached hydrogen (secondary N) is 1. The zero-order valence-corrected chi connectivity index (χ0v) is 11.0. The van der Waals surface area contributed by atoms with Gasteiger partial charge in [-0.3, -0.25) is 9.52 Å². The number of aromatic nitrogens is 1. The average molecular weight is 291 g/mol. The Morgan fingerprint density at radius 2 is 2.41 bits per heavy atom. The van der Waals surface area contributed by atoms with Gasteiger partial charge in [0, 0.05) is 0 Å². The van der Waals surface area contributed by atoms with E-state index in [1.54, 1.807) is 18.4 Å². The minimum Gasteiger partial charge on any atom is -0.336 e. The summed E-state index contributed by atoms with van der Waals surface area (Å²) in [7, 11) is -1.60. The first-order valence-electron chi connectivity index (χ1n) is 4.46. The number of aldehydes is 1. The second kappa shape index (κ2) is 4.99. The van der Waals surface area contributed by atoms with Crippen molar-refractivity contribution < 1.29 is 13.5 Å². The molecule has 1 unspecified atom stereocenters. The SMILES string of the molecule is Cc1noc(NS(=O)c2ccsc2C=O)c1Cl. The standard InChI is InChI=1S/C9H7ClN2O3S2/c1-5-8(10)9(15-11-5)12-17(14)7-2-3-16-6(7)4-13/h2-4,12H,1H3. The van der Waals surface area contributed by atoms with E-state index in [-0.39, 0.29) is 10.9 Å². The van der Waals surface area contributed by atoms with Crippen LogP contribution in [0.1, 0.15) is 15.4 Å². The molecule has 2 aromatic heterocycles. The van der Waals surface area contributed by atoms with Gasteiger partial charge in [0.2, 0.25) is 0 Å². The van der Waals surface area contributed by atoms with Crippen LogP contribution in [0, 0.1) is 6.92 Å². The number of anilines is 1. The van der Waals surface area contributed by atoms with Gasteiger partial charge in [-0.15, -0.1) is 11.3 Å². The zero-order chi connectivity index (χ0) is 12.4. The van der Waals surface area contributed by atoms with Crippen LogP contribution in [0.4, 0.5) is 5.88 Å². The number of carbonyl (C=O) groups is 1. The van der Waals surface area contributed by atoms with Crippen LogP contribution < -0.4 is 4.72 Å². The smallest absolute Gasteiger partial charge is 0.255 e. The van der Waals surface area contributed by atoms with Gasteiger partial charge in [-0.05, 0) is 18.4 Å². The fourth-order valence-electron chi connectivity index (χ4n) is 1.11. The van der Waals surface area contributed by atoms with Gasteiger partial charge in [0.1, 0.15) is 10.7 Å². The third kappa shape index (κ3) is 2.41. The zero-order valence-electron chi connectivity index (χ0n) is 8.60. The van der Waals surface area contributed by atoms with Crippen LogP contribution in [0.25, 0.3) is 0 Å². The monoisotopic (exact) mass is 290 g/mol. The molecule has 0 aliphatic rings.